The minimum absolute atomic E-state index is 0.154. The maximum Gasteiger partial charge on any atom is 0.433 e. The van der Waals surface area contributed by atoms with Crippen LogP contribution in [-0.2, 0) is 11.0 Å². The first-order valence-corrected chi connectivity index (χ1v) is 9.39. The third-order valence-corrected chi connectivity index (χ3v) is 4.49. The topological polar surface area (TPSA) is 42.4 Å². The van der Waals surface area contributed by atoms with Crippen LogP contribution in [0.4, 0.5) is 13.2 Å². The number of hydrogen-bond acceptors (Lipinski definition) is 3. The molecule has 20 heavy (non-hydrogen) atoms. The number of aromatic nitrogens is 1. The molecule has 0 bridgehead atoms. The van der Waals surface area contributed by atoms with E-state index in [-0.39, 0.29) is 10.9 Å². The second-order valence-electron chi connectivity index (χ2n) is 5.33. The summed E-state index contributed by atoms with van der Waals surface area (Å²) < 4.78 is 38.2. The third-order valence-electron chi connectivity index (χ3n) is 2.69. The summed E-state index contributed by atoms with van der Waals surface area (Å²) in [5.74, 6) is -0.508. The van der Waals surface area contributed by atoms with Crippen LogP contribution in [0.15, 0.2) is 12.1 Å². The molecule has 1 heterocycles. The number of hydroxylamine groups is 2. The highest BCUT2D eigenvalue weighted by molar-refractivity contribution is 6.88. The Morgan fingerprint density at radius 3 is 2.25 bits per heavy atom. The van der Waals surface area contributed by atoms with Crippen molar-refractivity contribution in [2.45, 2.75) is 25.8 Å². The van der Waals surface area contributed by atoms with E-state index in [2.05, 4.69) is 4.98 Å². The Morgan fingerprint density at radius 1 is 1.30 bits per heavy atom. The van der Waals surface area contributed by atoms with Crippen molar-refractivity contribution in [3.8, 4) is 0 Å². The molecule has 0 spiro atoms. The van der Waals surface area contributed by atoms with Crippen molar-refractivity contribution >= 4 is 19.3 Å². The highest BCUT2D eigenvalue weighted by atomic mass is 28.3. The predicted molar refractivity (Wildman–Crippen MR) is 71.3 cm³/mol. The molecule has 1 rings (SSSR count). The molecule has 0 N–H and O–H groups in total. The molecule has 0 atom stereocenters. The van der Waals surface area contributed by atoms with E-state index in [9.17, 15) is 18.0 Å². The van der Waals surface area contributed by atoms with E-state index in [1.54, 1.807) is 0 Å². The zero-order valence-electron chi connectivity index (χ0n) is 12.0. The molecule has 0 aliphatic rings. The molecular weight excluding hydrogens is 289 g/mol. The summed E-state index contributed by atoms with van der Waals surface area (Å²) in [6.07, 6.45) is -4.52. The third kappa shape index (κ3) is 3.57. The van der Waals surface area contributed by atoms with Gasteiger partial charge in [0.15, 0.2) is 0 Å². The Bertz CT molecular complexity index is 512. The normalized spacial score (nSPS) is 12.4. The maximum absolute atomic E-state index is 12.7. The van der Waals surface area contributed by atoms with Crippen molar-refractivity contribution in [2.24, 2.45) is 0 Å². The van der Waals surface area contributed by atoms with Crippen LogP contribution in [0.1, 0.15) is 16.1 Å². The molecule has 112 valence electrons. The van der Waals surface area contributed by atoms with Crippen molar-refractivity contribution in [3.05, 3.63) is 23.4 Å². The fourth-order valence-electron chi connectivity index (χ4n) is 1.61. The maximum atomic E-state index is 12.7. The van der Waals surface area contributed by atoms with Gasteiger partial charge in [-0.15, -0.1) is 0 Å². The van der Waals surface area contributed by atoms with Crippen molar-refractivity contribution in [1.29, 1.82) is 0 Å². The molecule has 1 aromatic heterocycles. The van der Waals surface area contributed by atoms with Crippen LogP contribution in [0, 0.1) is 0 Å². The van der Waals surface area contributed by atoms with Gasteiger partial charge in [-0.25, -0.2) is 5.06 Å². The van der Waals surface area contributed by atoms with Gasteiger partial charge in [-0.1, -0.05) is 19.6 Å². The number of carbonyl (C=O) groups is 1. The molecule has 0 aliphatic carbocycles. The molecule has 0 aliphatic heterocycles. The lowest BCUT2D eigenvalue weighted by Gasteiger charge is -2.23. The van der Waals surface area contributed by atoms with Gasteiger partial charge >= 0.3 is 6.18 Å². The van der Waals surface area contributed by atoms with Gasteiger partial charge in [0.2, 0.25) is 0 Å². The lowest BCUT2D eigenvalue weighted by atomic mass is 10.2. The summed E-state index contributed by atoms with van der Waals surface area (Å²) >= 11 is 0. The Morgan fingerprint density at radius 2 is 1.85 bits per heavy atom. The minimum Gasteiger partial charge on any atom is -0.274 e. The van der Waals surface area contributed by atoms with E-state index in [0.29, 0.717) is 0 Å². The standard InChI is InChI=1S/C12H17F3N2O2Si/c1-17(19-2)11(18)8-6-7-9(12(13,14)15)16-10(8)20(3,4)5/h6-7H,1-5H3. The number of carbonyl (C=O) groups excluding carboxylic acids is 1. The van der Waals surface area contributed by atoms with Crippen LogP contribution in [0.2, 0.25) is 19.6 Å². The summed E-state index contributed by atoms with van der Waals surface area (Å²) in [5, 5.41) is 1.19. The molecule has 0 saturated heterocycles. The molecule has 8 heteroatoms. The van der Waals surface area contributed by atoms with Gasteiger partial charge in [0.25, 0.3) is 5.91 Å². The van der Waals surface area contributed by atoms with Crippen molar-refractivity contribution in [2.75, 3.05) is 14.2 Å². The molecule has 1 aromatic rings. The molecule has 0 unspecified atom stereocenters. The van der Waals surface area contributed by atoms with E-state index < -0.39 is 25.9 Å². The molecule has 1 amide bonds. The average Bonchev–Trinajstić information content (AvgIpc) is 2.34. The molecule has 0 saturated carbocycles. The highest BCUT2D eigenvalue weighted by Crippen LogP contribution is 2.27. The van der Waals surface area contributed by atoms with Gasteiger partial charge in [-0.2, -0.15) is 13.2 Å². The molecule has 0 aromatic carbocycles. The van der Waals surface area contributed by atoms with Crippen LogP contribution in [-0.4, -0.2) is 38.2 Å². The second-order valence-corrected chi connectivity index (χ2v) is 10.3. The van der Waals surface area contributed by atoms with Crippen LogP contribution < -0.4 is 5.32 Å². The van der Waals surface area contributed by atoms with Crippen molar-refractivity contribution < 1.29 is 22.8 Å². The Labute approximate surface area is 116 Å². The van der Waals surface area contributed by atoms with E-state index in [1.165, 1.54) is 20.2 Å². The lowest BCUT2D eigenvalue weighted by Crippen LogP contribution is -2.46. The Balaban J connectivity index is 3.43. The number of halogens is 3. The van der Waals surface area contributed by atoms with Gasteiger partial charge in [0, 0.05) is 12.4 Å². The quantitative estimate of drug-likeness (QED) is 0.635. The number of hydrogen-bond donors (Lipinski definition) is 0. The average molecular weight is 306 g/mol. The number of nitrogens with zero attached hydrogens (tertiary/aromatic N) is 2. The summed E-state index contributed by atoms with van der Waals surface area (Å²) in [5.41, 5.74) is -0.826. The number of alkyl halides is 3. The Kier molecular flexibility index (Phi) is 4.60. The smallest absolute Gasteiger partial charge is 0.274 e. The van der Waals surface area contributed by atoms with E-state index in [1.807, 2.05) is 19.6 Å². The van der Waals surface area contributed by atoms with Crippen LogP contribution >= 0.6 is 0 Å². The molecular formula is C12H17F3N2O2Si. The Hall–Kier alpha value is -1.41. The summed E-state index contributed by atoms with van der Waals surface area (Å²) in [6, 6.07) is 1.99. The molecule has 4 nitrogen and oxygen atoms in total. The number of rotatable bonds is 3. The zero-order chi connectivity index (χ0) is 15.7. The highest BCUT2D eigenvalue weighted by Gasteiger charge is 2.36. The molecule has 0 fully saturated rings. The van der Waals surface area contributed by atoms with Crippen molar-refractivity contribution in [1.82, 2.24) is 10.0 Å². The molecule has 0 radical (unpaired) electrons. The zero-order valence-corrected chi connectivity index (χ0v) is 13.0. The van der Waals surface area contributed by atoms with Gasteiger partial charge in [-0.05, 0) is 12.1 Å². The van der Waals surface area contributed by atoms with E-state index >= 15 is 0 Å². The van der Waals surface area contributed by atoms with Gasteiger partial charge in [0.05, 0.1) is 12.7 Å². The fraction of sp³-hybridized carbons (Fsp3) is 0.500. The fourth-order valence-corrected chi connectivity index (χ4v) is 3.07. The van der Waals surface area contributed by atoms with E-state index in [0.717, 1.165) is 11.1 Å². The minimum atomic E-state index is -4.52. The predicted octanol–water partition coefficient (Wildman–Crippen LogP) is 2.28. The van der Waals surface area contributed by atoms with Crippen LogP contribution in [0.5, 0.6) is 0 Å². The monoisotopic (exact) mass is 306 g/mol. The first-order valence-electron chi connectivity index (χ1n) is 5.89. The lowest BCUT2D eigenvalue weighted by molar-refractivity contribution is -0.141. The van der Waals surface area contributed by atoms with Crippen LogP contribution in [0.25, 0.3) is 0 Å². The van der Waals surface area contributed by atoms with Gasteiger partial charge in [0.1, 0.15) is 13.8 Å². The van der Waals surface area contributed by atoms with Gasteiger partial charge in [-0.3, -0.25) is 14.6 Å². The number of amides is 1. The SMILES string of the molecule is CON(C)C(=O)c1ccc(C(F)(F)F)nc1[Si](C)(C)C. The largest absolute Gasteiger partial charge is 0.433 e. The van der Waals surface area contributed by atoms with Crippen LogP contribution in [0.3, 0.4) is 0 Å². The second kappa shape index (κ2) is 5.53. The first kappa shape index (κ1) is 16.6. The number of pyridine rings is 1. The summed E-state index contributed by atoms with van der Waals surface area (Å²) in [6.45, 7) is 5.50. The summed E-state index contributed by atoms with van der Waals surface area (Å²) in [7, 11) is 0.482. The summed E-state index contributed by atoms with van der Waals surface area (Å²) in [4.78, 5) is 20.6. The van der Waals surface area contributed by atoms with E-state index in [4.69, 9.17) is 4.84 Å². The van der Waals surface area contributed by atoms with Crippen molar-refractivity contribution in [3.63, 3.8) is 0 Å². The van der Waals surface area contributed by atoms with Gasteiger partial charge < -0.3 is 0 Å². The first-order chi connectivity index (χ1) is 8.98.